The van der Waals surface area contributed by atoms with Crippen LogP contribution in [0.15, 0.2) is 36.9 Å². The van der Waals surface area contributed by atoms with Crippen molar-refractivity contribution in [1.29, 1.82) is 0 Å². The van der Waals surface area contributed by atoms with Gasteiger partial charge >= 0.3 is 0 Å². The van der Waals surface area contributed by atoms with Gasteiger partial charge in [-0.15, -0.1) is 0 Å². The fourth-order valence-electron chi connectivity index (χ4n) is 3.68. The number of ether oxygens (including phenoxy) is 1. The summed E-state index contributed by atoms with van der Waals surface area (Å²) in [4.78, 5) is 22.3. The summed E-state index contributed by atoms with van der Waals surface area (Å²) >= 11 is 0. The third-order valence-corrected chi connectivity index (χ3v) is 5.14. The van der Waals surface area contributed by atoms with Crippen molar-refractivity contribution in [3.05, 3.63) is 48.2 Å². The number of methoxy groups -OCH3 is 1. The van der Waals surface area contributed by atoms with Crippen molar-refractivity contribution >= 4 is 16.8 Å². The predicted molar refractivity (Wildman–Crippen MR) is 99.1 cm³/mol. The molecular weight excluding hydrogens is 330 g/mol. The van der Waals surface area contributed by atoms with Crippen molar-refractivity contribution in [2.75, 3.05) is 20.2 Å². The number of aromatic amines is 1. The first kappa shape index (κ1) is 16.7. The highest BCUT2D eigenvalue weighted by Crippen LogP contribution is 2.27. The van der Waals surface area contributed by atoms with Crippen molar-refractivity contribution in [1.82, 2.24) is 19.4 Å². The average molecular weight is 353 g/mol. The predicted octanol–water partition coefficient (Wildman–Crippen LogP) is 1.41. The zero-order valence-corrected chi connectivity index (χ0v) is 15.0. The molecule has 0 bridgehead atoms. The SMILES string of the molecule is COc1ccc2[nH]cc(CC(=O)N3C[C@@H](N)[C@H](c4cn(C)cn4)C3)c2c1. The number of nitrogens with two attached hydrogens (primary N) is 1. The minimum atomic E-state index is -0.0862. The summed E-state index contributed by atoms with van der Waals surface area (Å²) in [5, 5.41) is 1.02. The number of aromatic nitrogens is 3. The van der Waals surface area contributed by atoms with E-state index in [0.29, 0.717) is 19.5 Å². The first-order chi connectivity index (χ1) is 12.5. The van der Waals surface area contributed by atoms with Gasteiger partial charge in [0, 0.05) is 55.4 Å². The molecule has 1 aliphatic rings. The Bertz CT molecular complexity index is 944. The topological polar surface area (TPSA) is 89.2 Å². The van der Waals surface area contributed by atoms with Crippen molar-refractivity contribution in [2.24, 2.45) is 12.8 Å². The Labute approximate surface area is 151 Å². The van der Waals surface area contributed by atoms with Gasteiger partial charge in [0.15, 0.2) is 0 Å². The number of likely N-dealkylation sites (tertiary alicyclic amines) is 1. The van der Waals surface area contributed by atoms with Crippen LogP contribution in [-0.4, -0.2) is 51.6 Å². The number of amides is 1. The molecule has 26 heavy (non-hydrogen) atoms. The molecule has 4 rings (SSSR count). The van der Waals surface area contributed by atoms with Gasteiger partial charge in [-0.3, -0.25) is 4.79 Å². The zero-order valence-electron chi connectivity index (χ0n) is 15.0. The molecule has 2 aromatic heterocycles. The van der Waals surface area contributed by atoms with Crippen molar-refractivity contribution in [2.45, 2.75) is 18.4 Å². The number of nitrogens with zero attached hydrogens (tertiary/aromatic N) is 3. The van der Waals surface area contributed by atoms with Gasteiger partial charge < -0.3 is 24.9 Å². The number of rotatable bonds is 4. The van der Waals surface area contributed by atoms with Gasteiger partial charge in [-0.2, -0.15) is 0 Å². The lowest BCUT2D eigenvalue weighted by Crippen LogP contribution is -2.33. The molecule has 1 amide bonds. The average Bonchev–Trinajstić information content (AvgIpc) is 3.33. The second-order valence-corrected chi connectivity index (χ2v) is 6.94. The third kappa shape index (κ3) is 2.94. The fraction of sp³-hybridized carbons (Fsp3) is 0.368. The van der Waals surface area contributed by atoms with Gasteiger partial charge in [0.25, 0.3) is 0 Å². The second-order valence-electron chi connectivity index (χ2n) is 6.94. The summed E-state index contributed by atoms with van der Waals surface area (Å²) in [7, 11) is 3.58. The maximum absolute atomic E-state index is 12.8. The lowest BCUT2D eigenvalue weighted by atomic mass is 10.0. The lowest BCUT2D eigenvalue weighted by molar-refractivity contribution is -0.129. The highest BCUT2D eigenvalue weighted by atomic mass is 16.5. The Balaban J connectivity index is 1.50. The molecule has 136 valence electrons. The van der Waals surface area contributed by atoms with Crippen LogP contribution >= 0.6 is 0 Å². The normalized spacial score (nSPS) is 20.0. The van der Waals surface area contributed by atoms with Gasteiger partial charge in [-0.05, 0) is 23.8 Å². The third-order valence-electron chi connectivity index (χ3n) is 5.14. The molecule has 0 radical (unpaired) electrons. The van der Waals surface area contributed by atoms with Gasteiger partial charge in [-0.25, -0.2) is 4.98 Å². The maximum atomic E-state index is 12.8. The largest absolute Gasteiger partial charge is 0.497 e. The monoisotopic (exact) mass is 353 g/mol. The van der Waals surface area contributed by atoms with E-state index in [2.05, 4.69) is 9.97 Å². The molecule has 0 aliphatic carbocycles. The van der Waals surface area contributed by atoms with Crippen molar-refractivity contribution < 1.29 is 9.53 Å². The van der Waals surface area contributed by atoms with Crippen LogP contribution in [0.2, 0.25) is 0 Å². The number of aryl methyl sites for hydroxylation is 1. The summed E-state index contributed by atoms with van der Waals surface area (Å²) < 4.78 is 7.20. The zero-order chi connectivity index (χ0) is 18.3. The quantitative estimate of drug-likeness (QED) is 0.742. The molecule has 0 spiro atoms. The number of imidazole rings is 1. The number of nitrogens with one attached hydrogen (secondary N) is 1. The maximum Gasteiger partial charge on any atom is 0.227 e. The second kappa shape index (κ2) is 6.49. The number of hydrogen-bond acceptors (Lipinski definition) is 4. The smallest absolute Gasteiger partial charge is 0.227 e. The Hall–Kier alpha value is -2.80. The van der Waals surface area contributed by atoms with Crippen LogP contribution in [0.4, 0.5) is 0 Å². The summed E-state index contributed by atoms with van der Waals surface area (Å²) in [6, 6.07) is 5.74. The minimum absolute atomic E-state index is 0.0857. The highest BCUT2D eigenvalue weighted by molar-refractivity contribution is 5.90. The van der Waals surface area contributed by atoms with E-state index in [0.717, 1.165) is 27.9 Å². The Morgan fingerprint density at radius 2 is 2.27 bits per heavy atom. The summed E-state index contributed by atoms with van der Waals surface area (Å²) in [6.07, 6.45) is 5.99. The number of hydrogen-bond donors (Lipinski definition) is 2. The number of benzene rings is 1. The minimum Gasteiger partial charge on any atom is -0.497 e. The molecule has 1 saturated heterocycles. The molecule has 7 heteroatoms. The molecule has 1 fully saturated rings. The van der Waals surface area contributed by atoms with Gasteiger partial charge in [0.2, 0.25) is 5.91 Å². The number of H-pyrrole nitrogens is 1. The lowest BCUT2D eigenvalue weighted by Gasteiger charge is -2.15. The van der Waals surface area contributed by atoms with Gasteiger partial charge in [0.05, 0.1) is 25.6 Å². The van der Waals surface area contributed by atoms with E-state index >= 15 is 0 Å². The fourth-order valence-corrected chi connectivity index (χ4v) is 3.68. The molecule has 1 aliphatic heterocycles. The number of carbonyl (C=O) groups is 1. The molecule has 0 unspecified atom stereocenters. The van der Waals surface area contributed by atoms with Crippen LogP contribution in [-0.2, 0) is 18.3 Å². The van der Waals surface area contributed by atoms with Crippen LogP contribution in [0, 0.1) is 0 Å². The Kier molecular flexibility index (Phi) is 4.16. The molecular formula is C19H23N5O2. The van der Waals surface area contributed by atoms with Crippen LogP contribution in [0.5, 0.6) is 5.75 Å². The standard InChI is InChI=1S/C19H23N5O2/c1-23-10-18(22-11-23)15-8-24(9-16(15)20)19(25)5-12-7-21-17-4-3-13(26-2)6-14(12)17/h3-4,6-7,10-11,15-16,21H,5,8-9,20H2,1-2H3/t15-,16-/m1/s1. The number of carbonyl (C=O) groups excluding carboxylic acids is 1. The molecule has 0 saturated carbocycles. The molecule has 3 heterocycles. The summed E-state index contributed by atoms with van der Waals surface area (Å²) in [5.41, 5.74) is 9.20. The van der Waals surface area contributed by atoms with Crippen LogP contribution in [0.25, 0.3) is 10.9 Å². The van der Waals surface area contributed by atoms with E-state index in [4.69, 9.17) is 10.5 Å². The van der Waals surface area contributed by atoms with E-state index in [1.54, 1.807) is 13.4 Å². The molecule has 3 N–H and O–H groups in total. The number of fused-ring (bicyclic) bond motifs is 1. The van der Waals surface area contributed by atoms with E-state index in [1.165, 1.54) is 0 Å². The molecule has 3 aromatic rings. The Morgan fingerprint density at radius 1 is 1.42 bits per heavy atom. The van der Waals surface area contributed by atoms with Crippen molar-refractivity contribution in [3.8, 4) is 5.75 Å². The summed E-state index contributed by atoms with van der Waals surface area (Å²) in [5.74, 6) is 0.954. The Morgan fingerprint density at radius 3 is 3.00 bits per heavy atom. The van der Waals surface area contributed by atoms with Crippen molar-refractivity contribution in [3.63, 3.8) is 0 Å². The molecule has 1 aromatic carbocycles. The first-order valence-corrected chi connectivity index (χ1v) is 8.70. The van der Waals surface area contributed by atoms with E-state index in [-0.39, 0.29) is 17.9 Å². The highest BCUT2D eigenvalue weighted by Gasteiger charge is 2.35. The van der Waals surface area contributed by atoms with Gasteiger partial charge in [0.1, 0.15) is 5.75 Å². The molecule has 7 nitrogen and oxygen atoms in total. The summed E-state index contributed by atoms with van der Waals surface area (Å²) in [6.45, 7) is 1.18. The van der Waals surface area contributed by atoms with Crippen LogP contribution < -0.4 is 10.5 Å². The van der Waals surface area contributed by atoms with Crippen LogP contribution in [0.3, 0.4) is 0 Å². The molecule has 2 atom stereocenters. The van der Waals surface area contributed by atoms with E-state index < -0.39 is 0 Å². The van der Waals surface area contributed by atoms with E-state index in [9.17, 15) is 4.79 Å². The van der Waals surface area contributed by atoms with Crippen LogP contribution in [0.1, 0.15) is 17.2 Å². The van der Waals surface area contributed by atoms with E-state index in [1.807, 2.05) is 47.1 Å². The first-order valence-electron chi connectivity index (χ1n) is 8.70. The van der Waals surface area contributed by atoms with Gasteiger partial charge in [-0.1, -0.05) is 0 Å².